The van der Waals surface area contributed by atoms with Crippen LogP contribution in [0, 0.1) is 17.1 Å². The van der Waals surface area contributed by atoms with E-state index in [0.29, 0.717) is 42.6 Å². The van der Waals surface area contributed by atoms with Crippen LogP contribution in [0.15, 0.2) is 66.7 Å². The van der Waals surface area contributed by atoms with Crippen LogP contribution in [-0.2, 0) is 24.3 Å². The molecule has 0 saturated heterocycles. The molecule has 33 heavy (non-hydrogen) atoms. The molecule has 0 aliphatic carbocycles. The third-order valence-corrected chi connectivity index (χ3v) is 5.83. The molecule has 0 radical (unpaired) electrons. The van der Waals surface area contributed by atoms with Gasteiger partial charge in [0.25, 0.3) is 5.91 Å². The van der Waals surface area contributed by atoms with Gasteiger partial charge in [-0.05, 0) is 65.6 Å². The average molecular weight is 442 g/mol. The van der Waals surface area contributed by atoms with Gasteiger partial charge in [0, 0.05) is 37.3 Å². The molecule has 1 aliphatic heterocycles. The first-order valence-corrected chi connectivity index (χ1v) is 10.9. The minimum atomic E-state index is -0.350. The smallest absolute Gasteiger partial charge is 0.254 e. The maximum absolute atomic E-state index is 13.8. The molecule has 4 rings (SSSR count). The van der Waals surface area contributed by atoms with E-state index in [1.54, 1.807) is 40.1 Å². The normalized spacial score (nSPS) is 12.2. The Hall–Kier alpha value is -3.98. The number of carbonyl (C=O) groups excluding carboxylic acids is 2. The highest BCUT2D eigenvalue weighted by molar-refractivity contribution is 5.98. The Morgan fingerprint density at radius 2 is 1.79 bits per heavy atom. The van der Waals surface area contributed by atoms with E-state index in [9.17, 15) is 14.0 Å². The monoisotopic (exact) mass is 441 g/mol. The van der Waals surface area contributed by atoms with Crippen LogP contribution in [0.3, 0.4) is 0 Å². The standard InChI is InChI=1S/C27H24FN3O2/c1-2-26(32)31-13-12-22-15-23(10-11-25(22)31)27(33)30(18-21-4-3-5-24(28)14-21)17-20-8-6-19(16-29)7-9-20/h3-11,14-15H,2,12-13,17-18H2,1H3. The fourth-order valence-electron chi connectivity index (χ4n) is 4.13. The Kier molecular flexibility index (Phi) is 6.50. The van der Waals surface area contributed by atoms with Crippen LogP contribution in [0.25, 0.3) is 0 Å². The predicted molar refractivity (Wildman–Crippen MR) is 124 cm³/mol. The molecule has 0 unspecified atom stereocenters. The van der Waals surface area contributed by atoms with E-state index in [1.807, 2.05) is 31.2 Å². The Bertz CT molecular complexity index is 1230. The summed E-state index contributed by atoms with van der Waals surface area (Å²) >= 11 is 0. The van der Waals surface area contributed by atoms with Gasteiger partial charge in [0.05, 0.1) is 11.6 Å². The number of nitrogens with zero attached hydrogens (tertiary/aromatic N) is 3. The third-order valence-electron chi connectivity index (χ3n) is 5.83. The molecule has 3 aromatic rings. The number of hydrogen-bond donors (Lipinski definition) is 0. The van der Waals surface area contributed by atoms with Gasteiger partial charge < -0.3 is 9.80 Å². The van der Waals surface area contributed by atoms with Gasteiger partial charge in [0.1, 0.15) is 5.82 Å². The molecule has 1 heterocycles. The SMILES string of the molecule is CCC(=O)N1CCc2cc(C(=O)N(Cc3ccc(C#N)cc3)Cc3cccc(F)c3)ccc21. The molecule has 0 N–H and O–H groups in total. The Balaban J connectivity index is 1.62. The van der Waals surface area contributed by atoms with Crippen LogP contribution in [0.5, 0.6) is 0 Å². The molecule has 0 fully saturated rings. The van der Waals surface area contributed by atoms with E-state index < -0.39 is 0 Å². The summed E-state index contributed by atoms with van der Waals surface area (Å²) in [4.78, 5) is 29.2. The lowest BCUT2D eigenvalue weighted by Gasteiger charge is -2.24. The number of anilines is 1. The zero-order valence-electron chi connectivity index (χ0n) is 18.4. The number of fused-ring (bicyclic) bond motifs is 1. The van der Waals surface area contributed by atoms with Crippen LogP contribution in [-0.4, -0.2) is 23.3 Å². The molecular weight excluding hydrogens is 417 g/mol. The number of benzene rings is 3. The van der Waals surface area contributed by atoms with Crippen LogP contribution < -0.4 is 4.90 Å². The van der Waals surface area contributed by atoms with Crippen molar-refractivity contribution in [3.63, 3.8) is 0 Å². The van der Waals surface area contributed by atoms with Gasteiger partial charge in [-0.1, -0.05) is 31.2 Å². The molecule has 0 aromatic heterocycles. The number of amides is 2. The fraction of sp³-hybridized carbons (Fsp3) is 0.222. The molecule has 0 atom stereocenters. The topological polar surface area (TPSA) is 64.4 Å². The van der Waals surface area contributed by atoms with Crippen molar-refractivity contribution in [3.8, 4) is 6.07 Å². The van der Waals surface area contributed by atoms with Gasteiger partial charge in [-0.2, -0.15) is 5.26 Å². The van der Waals surface area contributed by atoms with Crippen LogP contribution in [0.1, 0.15) is 46.0 Å². The zero-order chi connectivity index (χ0) is 23.4. The highest BCUT2D eigenvalue weighted by Crippen LogP contribution is 2.30. The number of hydrogen-bond acceptors (Lipinski definition) is 3. The van der Waals surface area contributed by atoms with Gasteiger partial charge in [-0.15, -0.1) is 0 Å². The van der Waals surface area contributed by atoms with Crippen molar-refractivity contribution in [2.45, 2.75) is 32.9 Å². The molecule has 6 heteroatoms. The van der Waals surface area contributed by atoms with E-state index in [1.165, 1.54) is 12.1 Å². The molecule has 0 bridgehead atoms. The van der Waals surface area contributed by atoms with Crippen molar-refractivity contribution in [1.29, 1.82) is 5.26 Å². The van der Waals surface area contributed by atoms with Gasteiger partial charge in [-0.25, -0.2) is 4.39 Å². The second-order valence-electron chi connectivity index (χ2n) is 8.09. The van der Waals surface area contributed by atoms with Crippen molar-refractivity contribution in [2.24, 2.45) is 0 Å². The summed E-state index contributed by atoms with van der Waals surface area (Å²) in [6.45, 7) is 3.02. The van der Waals surface area contributed by atoms with E-state index in [0.717, 1.165) is 16.8 Å². The summed E-state index contributed by atoms with van der Waals surface area (Å²) in [6.07, 6.45) is 1.15. The highest BCUT2D eigenvalue weighted by Gasteiger charge is 2.25. The van der Waals surface area contributed by atoms with Gasteiger partial charge in [-0.3, -0.25) is 9.59 Å². The third kappa shape index (κ3) is 4.93. The first kappa shape index (κ1) is 22.2. The summed E-state index contributed by atoms with van der Waals surface area (Å²) in [5.41, 5.74) is 4.49. The molecule has 5 nitrogen and oxygen atoms in total. The van der Waals surface area contributed by atoms with E-state index >= 15 is 0 Å². The molecule has 3 aromatic carbocycles. The number of halogens is 1. The lowest BCUT2D eigenvalue weighted by molar-refractivity contribution is -0.118. The molecule has 0 saturated carbocycles. The van der Waals surface area contributed by atoms with Gasteiger partial charge in [0.2, 0.25) is 5.91 Å². The van der Waals surface area contributed by atoms with Gasteiger partial charge in [0.15, 0.2) is 0 Å². The molecule has 166 valence electrons. The first-order chi connectivity index (χ1) is 16.0. The second kappa shape index (κ2) is 9.66. The Morgan fingerprint density at radius 3 is 2.48 bits per heavy atom. The fourth-order valence-corrected chi connectivity index (χ4v) is 4.13. The van der Waals surface area contributed by atoms with E-state index in [-0.39, 0.29) is 24.2 Å². The van der Waals surface area contributed by atoms with Crippen molar-refractivity contribution < 1.29 is 14.0 Å². The zero-order valence-corrected chi connectivity index (χ0v) is 18.4. The maximum atomic E-state index is 13.8. The Morgan fingerprint density at radius 1 is 1.03 bits per heavy atom. The lowest BCUT2D eigenvalue weighted by atomic mass is 10.1. The van der Waals surface area contributed by atoms with Crippen LogP contribution >= 0.6 is 0 Å². The summed E-state index contributed by atoms with van der Waals surface area (Å²) in [7, 11) is 0. The first-order valence-electron chi connectivity index (χ1n) is 10.9. The average Bonchev–Trinajstić information content (AvgIpc) is 3.26. The van der Waals surface area contributed by atoms with Crippen LogP contribution in [0.2, 0.25) is 0 Å². The number of carbonyl (C=O) groups is 2. The summed E-state index contributed by atoms with van der Waals surface area (Å²) in [5, 5.41) is 9.04. The van der Waals surface area contributed by atoms with Crippen molar-refractivity contribution >= 4 is 17.5 Å². The molecule has 1 aliphatic rings. The Labute approximate surface area is 192 Å². The van der Waals surface area contributed by atoms with E-state index in [2.05, 4.69) is 6.07 Å². The summed E-state index contributed by atoms with van der Waals surface area (Å²) in [5.74, 6) is -0.454. The quantitative estimate of drug-likeness (QED) is 0.550. The van der Waals surface area contributed by atoms with Crippen molar-refractivity contribution in [1.82, 2.24) is 4.90 Å². The predicted octanol–water partition coefficient (Wildman–Crippen LogP) is 4.84. The minimum Gasteiger partial charge on any atom is -0.330 e. The highest BCUT2D eigenvalue weighted by atomic mass is 19.1. The van der Waals surface area contributed by atoms with E-state index in [4.69, 9.17) is 5.26 Å². The summed E-state index contributed by atoms with van der Waals surface area (Å²) in [6, 6.07) is 20.8. The molecular formula is C27H24FN3O2. The molecule has 0 spiro atoms. The summed E-state index contributed by atoms with van der Waals surface area (Å²) < 4.78 is 13.8. The lowest BCUT2D eigenvalue weighted by Crippen LogP contribution is -2.30. The number of nitriles is 1. The van der Waals surface area contributed by atoms with Crippen LogP contribution in [0.4, 0.5) is 10.1 Å². The maximum Gasteiger partial charge on any atom is 0.254 e. The van der Waals surface area contributed by atoms with Crippen molar-refractivity contribution in [2.75, 3.05) is 11.4 Å². The molecule has 2 amide bonds. The number of rotatable bonds is 6. The van der Waals surface area contributed by atoms with Crippen molar-refractivity contribution in [3.05, 3.63) is 100 Å². The minimum absolute atomic E-state index is 0.0707. The van der Waals surface area contributed by atoms with Gasteiger partial charge >= 0.3 is 0 Å². The second-order valence-corrected chi connectivity index (χ2v) is 8.09. The largest absolute Gasteiger partial charge is 0.330 e.